The smallest absolute Gasteiger partial charge is 0.404 e. The number of carboxylic acid groups (broad SMARTS) is 1. The van der Waals surface area contributed by atoms with E-state index in [1.165, 1.54) is 7.05 Å². The highest BCUT2D eigenvalue weighted by molar-refractivity contribution is 5.71. The zero-order chi connectivity index (χ0) is 10.2. The molecule has 1 aliphatic heterocycles. The van der Waals surface area contributed by atoms with Gasteiger partial charge in [-0.05, 0) is 20.0 Å². The minimum Gasteiger partial charge on any atom is -0.481 e. The first-order valence-electron chi connectivity index (χ1n) is 3.84. The molecule has 6 heteroatoms. The van der Waals surface area contributed by atoms with Crippen LogP contribution in [0.1, 0.15) is 6.42 Å². The van der Waals surface area contributed by atoms with Crippen molar-refractivity contribution in [3.63, 3.8) is 0 Å². The summed E-state index contributed by atoms with van der Waals surface area (Å²) in [5.74, 6) is -2.68. The van der Waals surface area contributed by atoms with Gasteiger partial charge in [-0.15, -0.1) is 0 Å². The van der Waals surface area contributed by atoms with Gasteiger partial charge < -0.3 is 5.11 Å². The Kier molecular flexibility index (Phi) is 2.51. The number of aliphatic carboxylic acids is 1. The number of nitrogens with zero attached hydrogens (tertiary/aromatic N) is 1. The summed E-state index contributed by atoms with van der Waals surface area (Å²) < 4.78 is 36.9. The average Bonchev–Trinajstić information content (AvgIpc) is 2.28. The van der Waals surface area contributed by atoms with Crippen molar-refractivity contribution in [3.05, 3.63) is 0 Å². The lowest BCUT2D eigenvalue weighted by Gasteiger charge is -2.24. The normalized spacial score (nSPS) is 30.8. The summed E-state index contributed by atoms with van der Waals surface area (Å²) in [4.78, 5) is 11.5. The molecule has 0 saturated carbocycles. The van der Waals surface area contributed by atoms with Crippen LogP contribution in [0.2, 0.25) is 0 Å². The Morgan fingerprint density at radius 2 is 2.08 bits per heavy atom. The van der Waals surface area contributed by atoms with E-state index in [0.717, 1.165) is 4.90 Å². The van der Waals surface area contributed by atoms with Crippen molar-refractivity contribution >= 4 is 5.97 Å². The van der Waals surface area contributed by atoms with Crippen LogP contribution in [0.3, 0.4) is 0 Å². The van der Waals surface area contributed by atoms with Gasteiger partial charge in [0.15, 0.2) is 0 Å². The Hall–Kier alpha value is -0.780. The molecule has 1 heterocycles. The molecule has 0 aliphatic carbocycles. The fourth-order valence-corrected chi connectivity index (χ4v) is 1.68. The Bertz CT molecular complexity index is 216. The van der Waals surface area contributed by atoms with Crippen LogP contribution in [0.5, 0.6) is 0 Å². The van der Waals surface area contributed by atoms with Gasteiger partial charge in [-0.1, -0.05) is 0 Å². The number of hydrogen-bond acceptors (Lipinski definition) is 2. The molecule has 1 N–H and O–H groups in total. The molecule has 13 heavy (non-hydrogen) atoms. The third-order valence-electron chi connectivity index (χ3n) is 2.30. The predicted octanol–water partition coefficient (Wildman–Crippen LogP) is 0.954. The van der Waals surface area contributed by atoms with Crippen LogP contribution < -0.4 is 0 Å². The van der Waals surface area contributed by atoms with Crippen LogP contribution in [0.15, 0.2) is 0 Å². The minimum absolute atomic E-state index is 0.0655. The van der Waals surface area contributed by atoms with Gasteiger partial charge in [0.2, 0.25) is 0 Å². The van der Waals surface area contributed by atoms with Gasteiger partial charge in [0.1, 0.15) is 6.04 Å². The van der Waals surface area contributed by atoms with Crippen molar-refractivity contribution in [2.75, 3.05) is 13.6 Å². The second-order valence-electron chi connectivity index (χ2n) is 3.20. The van der Waals surface area contributed by atoms with Crippen molar-refractivity contribution in [1.82, 2.24) is 4.90 Å². The second-order valence-corrected chi connectivity index (χ2v) is 3.20. The molecule has 1 aliphatic rings. The summed E-state index contributed by atoms with van der Waals surface area (Å²) in [6.45, 7) is 0.182. The van der Waals surface area contributed by atoms with E-state index in [2.05, 4.69) is 0 Å². The fraction of sp³-hybridized carbons (Fsp3) is 0.857. The predicted molar refractivity (Wildman–Crippen MR) is 38.2 cm³/mol. The number of likely N-dealkylation sites (tertiary alicyclic amines) is 1. The molecule has 1 rings (SSSR count). The lowest BCUT2D eigenvalue weighted by molar-refractivity contribution is -0.189. The van der Waals surface area contributed by atoms with Crippen LogP contribution >= 0.6 is 0 Å². The van der Waals surface area contributed by atoms with E-state index in [9.17, 15) is 18.0 Å². The highest BCUT2D eigenvalue weighted by Gasteiger charge is 2.52. The first kappa shape index (κ1) is 10.3. The largest absolute Gasteiger partial charge is 0.481 e. The summed E-state index contributed by atoms with van der Waals surface area (Å²) in [6.07, 6.45) is -4.38. The molecular weight excluding hydrogens is 187 g/mol. The maximum atomic E-state index is 12.3. The molecule has 0 bridgehead atoms. The molecule has 0 unspecified atom stereocenters. The summed E-state index contributed by atoms with van der Waals surface area (Å²) in [5.41, 5.74) is 0. The van der Waals surface area contributed by atoms with Crippen LogP contribution in [-0.2, 0) is 4.79 Å². The number of rotatable bonds is 1. The van der Waals surface area contributed by atoms with Crippen LogP contribution in [0.4, 0.5) is 13.2 Å². The SMILES string of the molecule is CN1CC[C@H](C(=O)O)[C@@H]1C(F)(F)F. The van der Waals surface area contributed by atoms with Crippen molar-refractivity contribution in [1.29, 1.82) is 0 Å². The standard InChI is InChI=1S/C7H10F3NO2/c1-11-3-2-4(6(12)13)5(11)7(8,9)10/h4-5H,2-3H2,1H3,(H,12,13)/t4-,5+/m0/s1. The van der Waals surface area contributed by atoms with Crippen LogP contribution in [0, 0.1) is 5.92 Å². The summed E-state index contributed by atoms with van der Waals surface area (Å²) in [5, 5.41) is 8.54. The lowest BCUT2D eigenvalue weighted by Crippen LogP contribution is -2.44. The van der Waals surface area contributed by atoms with Crippen molar-refractivity contribution in [3.8, 4) is 0 Å². The molecule has 1 saturated heterocycles. The van der Waals surface area contributed by atoms with E-state index in [0.29, 0.717) is 0 Å². The molecule has 0 spiro atoms. The second kappa shape index (κ2) is 3.17. The van der Waals surface area contributed by atoms with Crippen LogP contribution in [0.25, 0.3) is 0 Å². The van der Waals surface area contributed by atoms with Gasteiger partial charge >= 0.3 is 12.1 Å². The van der Waals surface area contributed by atoms with Gasteiger partial charge in [-0.3, -0.25) is 9.69 Å². The topological polar surface area (TPSA) is 40.5 Å². The molecule has 0 amide bonds. The Morgan fingerprint density at radius 1 is 1.54 bits per heavy atom. The van der Waals surface area contributed by atoms with E-state index >= 15 is 0 Å². The third-order valence-corrected chi connectivity index (χ3v) is 2.30. The quantitative estimate of drug-likeness (QED) is 0.680. The van der Waals surface area contributed by atoms with E-state index in [1.54, 1.807) is 0 Å². The van der Waals surface area contributed by atoms with Crippen molar-refractivity contribution < 1.29 is 23.1 Å². The number of hydrogen-bond donors (Lipinski definition) is 1. The van der Waals surface area contributed by atoms with E-state index in [4.69, 9.17) is 5.11 Å². The maximum absolute atomic E-state index is 12.3. The maximum Gasteiger partial charge on any atom is 0.404 e. The fourth-order valence-electron chi connectivity index (χ4n) is 1.68. The molecule has 0 aromatic heterocycles. The first-order chi connectivity index (χ1) is 5.84. The molecule has 0 aromatic rings. The number of carboxylic acids is 1. The zero-order valence-corrected chi connectivity index (χ0v) is 7.01. The molecular formula is C7H10F3NO2. The van der Waals surface area contributed by atoms with Gasteiger partial charge in [0, 0.05) is 0 Å². The van der Waals surface area contributed by atoms with E-state index < -0.39 is 24.1 Å². The van der Waals surface area contributed by atoms with E-state index in [1.807, 2.05) is 0 Å². The van der Waals surface area contributed by atoms with Gasteiger partial charge in [0.05, 0.1) is 5.92 Å². The summed E-state index contributed by atoms with van der Waals surface area (Å²) >= 11 is 0. The highest BCUT2D eigenvalue weighted by Crippen LogP contribution is 2.35. The average molecular weight is 197 g/mol. The van der Waals surface area contributed by atoms with Gasteiger partial charge in [-0.2, -0.15) is 13.2 Å². The van der Waals surface area contributed by atoms with Crippen molar-refractivity contribution in [2.24, 2.45) is 5.92 Å². The van der Waals surface area contributed by atoms with Gasteiger partial charge in [0.25, 0.3) is 0 Å². The Balaban J connectivity index is 2.83. The van der Waals surface area contributed by atoms with Gasteiger partial charge in [-0.25, -0.2) is 0 Å². The molecule has 2 atom stereocenters. The van der Waals surface area contributed by atoms with Crippen LogP contribution in [-0.4, -0.2) is 41.8 Å². The van der Waals surface area contributed by atoms with E-state index in [-0.39, 0.29) is 13.0 Å². The zero-order valence-electron chi connectivity index (χ0n) is 7.01. The monoisotopic (exact) mass is 197 g/mol. The molecule has 0 aromatic carbocycles. The highest BCUT2D eigenvalue weighted by atomic mass is 19.4. The first-order valence-corrected chi connectivity index (χ1v) is 3.84. The summed E-state index contributed by atoms with van der Waals surface area (Å²) in [6, 6.07) is -1.83. The molecule has 3 nitrogen and oxygen atoms in total. The molecule has 76 valence electrons. The van der Waals surface area contributed by atoms with Crippen molar-refractivity contribution in [2.45, 2.75) is 18.6 Å². The minimum atomic E-state index is -4.45. The number of alkyl halides is 3. The Labute approximate surface area is 73.1 Å². The number of halogens is 3. The summed E-state index contributed by atoms with van der Waals surface area (Å²) in [7, 11) is 1.29. The molecule has 0 radical (unpaired) electrons. The molecule has 1 fully saturated rings. The number of carbonyl (C=O) groups is 1. The Morgan fingerprint density at radius 3 is 2.38 bits per heavy atom. The third kappa shape index (κ3) is 1.93. The lowest BCUT2D eigenvalue weighted by atomic mass is 10.0.